The molecule has 1 amide bonds. The molecule has 0 radical (unpaired) electrons. The zero-order valence-electron chi connectivity index (χ0n) is 21.7. The van der Waals surface area contributed by atoms with Crippen LogP contribution in [0.15, 0.2) is 42.7 Å². The monoisotopic (exact) mass is 550 g/mol. The molecule has 0 saturated carbocycles. The normalized spacial score (nSPS) is 11.6. The molecule has 4 rings (SSSR count). The molecule has 0 aliphatic carbocycles. The number of nitrogens with zero attached hydrogens (tertiary/aromatic N) is 2. The molecule has 0 bridgehead atoms. The van der Waals surface area contributed by atoms with Crippen LogP contribution in [0.3, 0.4) is 0 Å². The second-order valence-corrected chi connectivity index (χ2v) is 9.32. The molecular weight excluding hydrogens is 524 g/mol. The van der Waals surface area contributed by atoms with Crippen molar-refractivity contribution in [3.8, 4) is 11.4 Å². The van der Waals surface area contributed by atoms with E-state index < -0.39 is 29.9 Å². The number of aromatic amines is 1. The number of hydrogen-bond donors (Lipinski definition) is 2. The summed E-state index contributed by atoms with van der Waals surface area (Å²) in [6.45, 7) is 6.53. The topological polar surface area (TPSA) is 150 Å². The first-order valence-electron chi connectivity index (χ1n) is 12.1. The molecule has 1 unspecified atom stereocenters. The minimum atomic E-state index is -1.22. The number of thiophene rings is 1. The van der Waals surface area contributed by atoms with Crippen molar-refractivity contribution in [3.05, 3.63) is 64.3 Å². The summed E-state index contributed by atoms with van der Waals surface area (Å²) < 4.78 is 15.5. The number of anilines is 1. The van der Waals surface area contributed by atoms with Gasteiger partial charge in [0.05, 0.1) is 35.4 Å². The van der Waals surface area contributed by atoms with Crippen molar-refractivity contribution < 1.29 is 33.4 Å². The lowest BCUT2D eigenvalue weighted by Gasteiger charge is -2.14. The number of nitrogens with one attached hydrogen (secondary N) is 2. The average molecular weight is 551 g/mol. The maximum Gasteiger partial charge on any atom is 0.348 e. The highest BCUT2D eigenvalue weighted by atomic mass is 32.1. The molecule has 12 heteroatoms. The van der Waals surface area contributed by atoms with E-state index in [1.807, 2.05) is 6.07 Å². The molecule has 2 N–H and O–H groups in total. The van der Waals surface area contributed by atoms with Crippen molar-refractivity contribution in [2.24, 2.45) is 0 Å². The molecule has 4 aromatic rings. The Bertz CT molecular complexity index is 1540. The van der Waals surface area contributed by atoms with E-state index in [0.717, 1.165) is 16.9 Å². The van der Waals surface area contributed by atoms with Gasteiger partial charge in [-0.15, -0.1) is 11.3 Å². The number of hydrogen-bond acceptors (Lipinski definition) is 10. The van der Waals surface area contributed by atoms with Gasteiger partial charge in [0, 0.05) is 18.0 Å². The third kappa shape index (κ3) is 5.96. The van der Waals surface area contributed by atoms with Crippen LogP contribution in [0.5, 0.6) is 0 Å². The summed E-state index contributed by atoms with van der Waals surface area (Å²) in [5.74, 6) is -2.13. The lowest BCUT2D eigenvalue weighted by molar-refractivity contribution is -0.123. The summed E-state index contributed by atoms with van der Waals surface area (Å²) in [4.78, 5) is 62.6. The molecule has 0 aliphatic heterocycles. The van der Waals surface area contributed by atoms with E-state index in [1.165, 1.54) is 6.92 Å². The Hall–Kier alpha value is -4.58. The highest BCUT2D eigenvalue weighted by Crippen LogP contribution is 2.34. The summed E-state index contributed by atoms with van der Waals surface area (Å²) in [5.41, 5.74) is 2.64. The first kappa shape index (κ1) is 27.5. The minimum Gasteiger partial charge on any atom is -0.462 e. The number of carbonyl (C=O) groups is 4. The van der Waals surface area contributed by atoms with Crippen molar-refractivity contribution >= 4 is 51.2 Å². The quantitative estimate of drug-likeness (QED) is 0.226. The van der Waals surface area contributed by atoms with Crippen molar-refractivity contribution in [1.29, 1.82) is 0 Å². The Morgan fingerprint density at radius 1 is 1.05 bits per heavy atom. The van der Waals surface area contributed by atoms with Gasteiger partial charge in [-0.1, -0.05) is 0 Å². The van der Waals surface area contributed by atoms with Crippen LogP contribution >= 0.6 is 11.3 Å². The van der Waals surface area contributed by atoms with Crippen LogP contribution in [0.25, 0.3) is 22.4 Å². The molecule has 0 aliphatic rings. The van der Waals surface area contributed by atoms with E-state index in [-0.39, 0.29) is 34.2 Å². The van der Waals surface area contributed by atoms with Gasteiger partial charge in [0.2, 0.25) is 0 Å². The number of imidazole rings is 1. The number of esters is 3. The van der Waals surface area contributed by atoms with Crippen molar-refractivity contribution in [2.75, 3.05) is 18.5 Å². The van der Waals surface area contributed by atoms with Crippen LogP contribution < -0.4 is 5.32 Å². The second kappa shape index (κ2) is 11.9. The number of benzene rings is 1. The van der Waals surface area contributed by atoms with E-state index in [1.54, 1.807) is 57.4 Å². The van der Waals surface area contributed by atoms with E-state index in [0.29, 0.717) is 22.4 Å². The molecule has 3 aromatic heterocycles. The number of aromatic nitrogens is 3. The summed E-state index contributed by atoms with van der Waals surface area (Å²) in [6, 6.07) is 8.46. The summed E-state index contributed by atoms with van der Waals surface area (Å²) in [5, 5.41) is 2.69. The van der Waals surface area contributed by atoms with Crippen molar-refractivity contribution in [3.63, 3.8) is 0 Å². The highest BCUT2D eigenvalue weighted by molar-refractivity contribution is 7.18. The lowest BCUT2D eigenvalue weighted by Crippen LogP contribution is -2.30. The zero-order valence-corrected chi connectivity index (χ0v) is 22.5. The summed E-state index contributed by atoms with van der Waals surface area (Å²) in [7, 11) is 0. The smallest absolute Gasteiger partial charge is 0.348 e. The number of rotatable bonds is 9. The van der Waals surface area contributed by atoms with Gasteiger partial charge in [-0.3, -0.25) is 9.78 Å². The predicted molar refractivity (Wildman–Crippen MR) is 144 cm³/mol. The first-order chi connectivity index (χ1) is 18.7. The van der Waals surface area contributed by atoms with E-state index in [4.69, 9.17) is 14.2 Å². The molecule has 1 aromatic carbocycles. The Morgan fingerprint density at radius 3 is 2.49 bits per heavy atom. The van der Waals surface area contributed by atoms with Crippen molar-refractivity contribution in [1.82, 2.24) is 15.0 Å². The third-order valence-corrected chi connectivity index (χ3v) is 6.82. The molecule has 3 heterocycles. The molecule has 11 nitrogen and oxygen atoms in total. The molecule has 202 valence electrons. The number of amides is 1. The molecule has 0 spiro atoms. The average Bonchev–Trinajstić information content (AvgIpc) is 3.49. The van der Waals surface area contributed by atoms with Gasteiger partial charge in [0.1, 0.15) is 15.7 Å². The minimum absolute atomic E-state index is 0.0471. The molecule has 1 atom stereocenters. The van der Waals surface area contributed by atoms with Gasteiger partial charge >= 0.3 is 17.9 Å². The van der Waals surface area contributed by atoms with Crippen LogP contribution in [0.2, 0.25) is 0 Å². The first-order valence-corrected chi connectivity index (χ1v) is 12.9. The molecule has 0 fully saturated rings. The number of H-pyrrole nitrogens is 1. The van der Waals surface area contributed by atoms with Crippen LogP contribution in [0.1, 0.15) is 56.7 Å². The number of pyridine rings is 1. The van der Waals surface area contributed by atoms with E-state index in [2.05, 4.69) is 20.3 Å². The van der Waals surface area contributed by atoms with E-state index >= 15 is 0 Å². The lowest BCUT2D eigenvalue weighted by atomic mass is 10.1. The fourth-order valence-corrected chi connectivity index (χ4v) is 4.81. The van der Waals surface area contributed by atoms with Crippen LogP contribution in [0, 0.1) is 6.92 Å². The van der Waals surface area contributed by atoms with Crippen LogP contribution in [-0.2, 0) is 19.0 Å². The van der Waals surface area contributed by atoms with Gasteiger partial charge in [0.25, 0.3) is 5.91 Å². The Morgan fingerprint density at radius 2 is 1.79 bits per heavy atom. The fraction of sp³-hybridized carbons (Fsp3) is 0.259. The molecular formula is C27H26N4O7S. The number of carbonyl (C=O) groups excluding carboxylic acids is 4. The zero-order chi connectivity index (χ0) is 28.1. The Balaban J connectivity index is 1.50. The van der Waals surface area contributed by atoms with Gasteiger partial charge in [-0.25, -0.2) is 19.4 Å². The van der Waals surface area contributed by atoms with Gasteiger partial charge in [-0.2, -0.15) is 0 Å². The van der Waals surface area contributed by atoms with Gasteiger partial charge in [0.15, 0.2) is 6.10 Å². The fourth-order valence-electron chi connectivity index (χ4n) is 3.71. The Kier molecular flexibility index (Phi) is 8.35. The second-order valence-electron chi connectivity index (χ2n) is 8.30. The largest absolute Gasteiger partial charge is 0.462 e. The maximum absolute atomic E-state index is 12.9. The van der Waals surface area contributed by atoms with Gasteiger partial charge in [-0.05, 0) is 63.6 Å². The van der Waals surface area contributed by atoms with Crippen LogP contribution in [-0.4, -0.2) is 58.1 Å². The number of fused-ring (bicyclic) bond motifs is 1. The summed E-state index contributed by atoms with van der Waals surface area (Å²) in [6.07, 6.45) is 2.11. The van der Waals surface area contributed by atoms with Crippen LogP contribution in [0.4, 0.5) is 5.00 Å². The molecule has 0 saturated heterocycles. The third-order valence-electron chi connectivity index (χ3n) is 5.63. The predicted octanol–water partition coefficient (Wildman–Crippen LogP) is 4.53. The highest BCUT2D eigenvalue weighted by Gasteiger charge is 2.29. The van der Waals surface area contributed by atoms with Crippen molar-refractivity contribution in [2.45, 2.75) is 33.8 Å². The summed E-state index contributed by atoms with van der Waals surface area (Å²) >= 11 is 0.888. The SMILES string of the molecule is CCOC(=O)c1sc(NC(=O)C(C)OC(=O)c2ccc3nc(-c4cccnc4)[nH]c3c2)c(C(=O)OCC)c1C. The van der Waals surface area contributed by atoms with E-state index in [9.17, 15) is 19.2 Å². The molecule has 39 heavy (non-hydrogen) atoms. The number of ether oxygens (including phenoxy) is 3. The maximum atomic E-state index is 12.9. The standard InChI is InChI=1S/C27H26N4O7S/c1-5-36-26(34)20-14(3)21(27(35)37-6-2)39-24(20)31-23(32)15(4)38-25(33)16-9-10-18-19(12-16)30-22(29-18)17-8-7-11-28-13-17/h7-13,15H,5-6H2,1-4H3,(H,29,30)(H,31,32). The Labute approximate surface area is 227 Å². The van der Waals surface area contributed by atoms with Gasteiger partial charge < -0.3 is 24.5 Å².